The van der Waals surface area contributed by atoms with E-state index >= 15 is 0 Å². The molecule has 2 N–H and O–H groups in total. The zero-order chi connectivity index (χ0) is 15.8. The van der Waals surface area contributed by atoms with Gasteiger partial charge in [0.05, 0.1) is 5.69 Å². The van der Waals surface area contributed by atoms with Gasteiger partial charge in [-0.15, -0.1) is 0 Å². The number of aromatic hydroxyl groups is 1. The summed E-state index contributed by atoms with van der Waals surface area (Å²) in [6.07, 6.45) is 3.68. The lowest BCUT2D eigenvalue weighted by Crippen LogP contribution is -2.52. The van der Waals surface area contributed by atoms with E-state index in [1.54, 1.807) is 6.07 Å². The first-order chi connectivity index (χ1) is 10.8. The number of aliphatic imine (C=N–C) groups is 1. The van der Waals surface area contributed by atoms with Crippen LogP contribution in [0.3, 0.4) is 0 Å². The fourth-order valence-electron chi connectivity index (χ4n) is 2.80. The van der Waals surface area contributed by atoms with E-state index in [1.807, 2.05) is 25.2 Å². The van der Waals surface area contributed by atoms with E-state index in [0.29, 0.717) is 5.75 Å². The van der Waals surface area contributed by atoms with Crippen molar-refractivity contribution in [1.29, 1.82) is 0 Å². The van der Waals surface area contributed by atoms with Gasteiger partial charge in [0.15, 0.2) is 5.96 Å². The summed E-state index contributed by atoms with van der Waals surface area (Å²) in [5.74, 6) is 1.35. The lowest BCUT2D eigenvalue weighted by atomic mass is 10.2. The molecule has 5 heteroatoms. The highest BCUT2D eigenvalue weighted by Gasteiger charge is 2.20. The molecule has 1 saturated heterocycles. The third kappa shape index (κ3) is 4.29. The lowest BCUT2D eigenvalue weighted by molar-refractivity contribution is 0.369. The number of hydrogen-bond donors (Lipinski definition) is 2. The van der Waals surface area contributed by atoms with E-state index in [2.05, 4.69) is 27.0 Å². The molecule has 0 radical (unpaired) electrons. The maximum atomic E-state index is 9.96. The summed E-state index contributed by atoms with van der Waals surface area (Å²) in [6, 6.07) is 7.55. The molecule has 1 aromatic rings. The van der Waals surface area contributed by atoms with Crippen LogP contribution in [0.25, 0.3) is 0 Å². The monoisotopic (exact) mass is 304 g/mol. The van der Waals surface area contributed by atoms with Crippen molar-refractivity contribution < 1.29 is 5.11 Å². The highest BCUT2D eigenvalue weighted by atomic mass is 16.3. The molecule has 0 amide bonds. The van der Waals surface area contributed by atoms with Crippen molar-refractivity contribution in [3.8, 4) is 5.75 Å². The largest absolute Gasteiger partial charge is 0.506 e. The number of phenolic OH excluding ortho intramolecular Hbond substituents is 1. The Morgan fingerprint density at radius 2 is 1.91 bits per heavy atom. The van der Waals surface area contributed by atoms with Crippen molar-refractivity contribution in [2.45, 2.75) is 26.2 Å². The van der Waals surface area contributed by atoms with Crippen molar-refractivity contribution in [3.05, 3.63) is 24.3 Å². The maximum absolute atomic E-state index is 9.96. The predicted molar refractivity (Wildman–Crippen MR) is 92.8 cm³/mol. The molecule has 0 unspecified atom stereocenters. The smallest absolute Gasteiger partial charge is 0.193 e. The molecule has 1 heterocycles. The third-order valence-electron chi connectivity index (χ3n) is 4.08. The summed E-state index contributed by atoms with van der Waals surface area (Å²) in [6.45, 7) is 6.83. The Balaban J connectivity index is 1.84. The molecule has 122 valence electrons. The number of benzene rings is 1. The van der Waals surface area contributed by atoms with Gasteiger partial charge in [0.1, 0.15) is 5.75 Å². The molecule has 1 aromatic carbocycles. The Labute approximate surface area is 133 Å². The number of unbranched alkanes of at least 4 members (excludes halogenated alkanes) is 2. The number of nitrogens with one attached hydrogen (secondary N) is 1. The van der Waals surface area contributed by atoms with Gasteiger partial charge in [-0.05, 0) is 18.6 Å². The molecule has 1 aliphatic rings. The van der Waals surface area contributed by atoms with Crippen LogP contribution in [0.15, 0.2) is 29.3 Å². The predicted octanol–water partition coefficient (Wildman–Crippen LogP) is 2.28. The second-order valence-corrected chi connectivity index (χ2v) is 5.64. The lowest BCUT2D eigenvalue weighted by Gasteiger charge is -2.37. The topological polar surface area (TPSA) is 51.1 Å². The van der Waals surface area contributed by atoms with Crippen LogP contribution in [-0.4, -0.2) is 55.7 Å². The zero-order valence-electron chi connectivity index (χ0n) is 13.8. The van der Waals surface area contributed by atoms with Crippen molar-refractivity contribution in [2.24, 2.45) is 4.99 Å². The second kappa shape index (κ2) is 8.51. The zero-order valence-corrected chi connectivity index (χ0v) is 13.8. The van der Waals surface area contributed by atoms with Gasteiger partial charge in [-0.1, -0.05) is 31.9 Å². The molecule has 1 aliphatic heterocycles. The van der Waals surface area contributed by atoms with Crippen molar-refractivity contribution in [3.63, 3.8) is 0 Å². The second-order valence-electron chi connectivity index (χ2n) is 5.64. The van der Waals surface area contributed by atoms with E-state index in [0.717, 1.165) is 44.4 Å². The van der Waals surface area contributed by atoms with Crippen molar-refractivity contribution >= 4 is 11.6 Å². The van der Waals surface area contributed by atoms with E-state index < -0.39 is 0 Å². The first kappa shape index (κ1) is 16.5. The number of nitrogens with zero attached hydrogens (tertiary/aromatic N) is 3. The number of rotatable bonds is 5. The minimum absolute atomic E-state index is 0.359. The summed E-state index contributed by atoms with van der Waals surface area (Å²) in [5, 5.41) is 13.4. The molecular formula is C17H28N4O. The third-order valence-corrected chi connectivity index (χ3v) is 4.08. The normalized spacial score (nSPS) is 16.0. The highest BCUT2D eigenvalue weighted by molar-refractivity contribution is 5.80. The standard InChI is InChI=1S/C17H28N4O/c1-3-4-7-10-19-17(18-2)21-13-11-20(12-14-21)15-8-5-6-9-16(15)22/h5-6,8-9,22H,3-4,7,10-14H2,1-2H3,(H,18,19). The van der Waals surface area contributed by atoms with Gasteiger partial charge in [0.25, 0.3) is 0 Å². The number of hydrogen-bond acceptors (Lipinski definition) is 3. The van der Waals surface area contributed by atoms with E-state index in [-0.39, 0.29) is 0 Å². The van der Waals surface area contributed by atoms with Crippen LogP contribution in [0.1, 0.15) is 26.2 Å². The minimum Gasteiger partial charge on any atom is -0.506 e. The van der Waals surface area contributed by atoms with Crippen LogP contribution in [0.5, 0.6) is 5.75 Å². The van der Waals surface area contributed by atoms with Crippen LogP contribution in [-0.2, 0) is 0 Å². The number of anilines is 1. The van der Waals surface area contributed by atoms with Crippen molar-refractivity contribution in [1.82, 2.24) is 10.2 Å². The number of guanidine groups is 1. The molecule has 0 bridgehead atoms. The van der Waals surface area contributed by atoms with Crippen molar-refractivity contribution in [2.75, 3.05) is 44.7 Å². The molecule has 0 atom stereocenters. The number of piperazine rings is 1. The van der Waals surface area contributed by atoms with Crippen LogP contribution in [0.4, 0.5) is 5.69 Å². The van der Waals surface area contributed by atoms with Gasteiger partial charge in [0, 0.05) is 39.8 Å². The van der Waals surface area contributed by atoms with Gasteiger partial charge in [-0.25, -0.2) is 0 Å². The van der Waals surface area contributed by atoms with Gasteiger partial charge >= 0.3 is 0 Å². The van der Waals surface area contributed by atoms with Crippen LogP contribution in [0, 0.1) is 0 Å². The van der Waals surface area contributed by atoms with Crippen LogP contribution in [0.2, 0.25) is 0 Å². The fraction of sp³-hybridized carbons (Fsp3) is 0.588. The van der Waals surface area contributed by atoms with E-state index in [1.165, 1.54) is 19.3 Å². The molecular weight excluding hydrogens is 276 g/mol. The first-order valence-electron chi connectivity index (χ1n) is 8.24. The summed E-state index contributed by atoms with van der Waals surface area (Å²) < 4.78 is 0. The fourth-order valence-corrected chi connectivity index (χ4v) is 2.80. The Bertz CT molecular complexity index is 481. The van der Waals surface area contributed by atoms with Crippen LogP contribution >= 0.6 is 0 Å². The maximum Gasteiger partial charge on any atom is 0.193 e. The Hall–Kier alpha value is -1.91. The average Bonchev–Trinajstić information content (AvgIpc) is 2.56. The van der Waals surface area contributed by atoms with Gasteiger partial charge < -0.3 is 20.2 Å². The molecule has 1 fully saturated rings. The quantitative estimate of drug-likeness (QED) is 0.498. The Morgan fingerprint density at radius 1 is 1.18 bits per heavy atom. The molecule has 0 saturated carbocycles. The number of phenols is 1. The molecule has 0 aromatic heterocycles. The number of para-hydroxylation sites is 2. The summed E-state index contributed by atoms with van der Waals surface area (Å²) in [7, 11) is 1.84. The first-order valence-corrected chi connectivity index (χ1v) is 8.24. The minimum atomic E-state index is 0.359. The van der Waals surface area contributed by atoms with Crippen LogP contribution < -0.4 is 10.2 Å². The van der Waals surface area contributed by atoms with Gasteiger partial charge in [-0.3, -0.25) is 4.99 Å². The Kier molecular flexibility index (Phi) is 6.37. The highest BCUT2D eigenvalue weighted by Crippen LogP contribution is 2.27. The molecule has 0 aliphatic carbocycles. The van der Waals surface area contributed by atoms with Gasteiger partial charge in [-0.2, -0.15) is 0 Å². The SMILES string of the molecule is CCCCCNC(=NC)N1CCN(c2ccccc2O)CC1. The van der Waals surface area contributed by atoms with Gasteiger partial charge in [0.2, 0.25) is 0 Å². The molecule has 22 heavy (non-hydrogen) atoms. The molecule has 0 spiro atoms. The summed E-state index contributed by atoms with van der Waals surface area (Å²) >= 11 is 0. The Morgan fingerprint density at radius 3 is 2.55 bits per heavy atom. The molecule has 5 nitrogen and oxygen atoms in total. The summed E-state index contributed by atoms with van der Waals surface area (Å²) in [4.78, 5) is 8.91. The summed E-state index contributed by atoms with van der Waals surface area (Å²) in [5.41, 5.74) is 0.924. The average molecular weight is 304 g/mol. The van der Waals surface area contributed by atoms with E-state index in [4.69, 9.17) is 0 Å². The van der Waals surface area contributed by atoms with E-state index in [9.17, 15) is 5.11 Å². The molecule has 2 rings (SSSR count).